The van der Waals surface area contributed by atoms with Gasteiger partial charge in [0.25, 0.3) is 21.6 Å². The molecule has 0 aliphatic carbocycles. The van der Waals surface area contributed by atoms with Crippen molar-refractivity contribution in [3.8, 4) is 16.9 Å². The van der Waals surface area contributed by atoms with Crippen LogP contribution in [-0.4, -0.2) is 50.3 Å². The SMILES string of the molecule is O=C(NS(=O)(=O)c1cccc([N+](=O)[O-])c1)c1ccc(N2CCN(Cc3ccccc3-c3ccc(Cl)cc3)CC2)cc1OCc1ccccc1. The molecule has 1 saturated heterocycles. The van der Waals surface area contributed by atoms with E-state index in [1.165, 1.54) is 29.3 Å². The van der Waals surface area contributed by atoms with Crippen molar-refractivity contribution in [2.24, 2.45) is 0 Å². The molecule has 0 atom stereocenters. The van der Waals surface area contributed by atoms with Crippen molar-refractivity contribution in [1.82, 2.24) is 9.62 Å². The Morgan fingerprint density at radius 3 is 2.29 bits per heavy atom. The number of nitro groups is 1. The largest absolute Gasteiger partial charge is 0.488 e. The van der Waals surface area contributed by atoms with Crippen molar-refractivity contribution in [3.05, 3.63) is 153 Å². The molecule has 0 aromatic heterocycles. The summed E-state index contributed by atoms with van der Waals surface area (Å²) in [6.45, 7) is 4.01. The summed E-state index contributed by atoms with van der Waals surface area (Å²) in [5.74, 6) is -0.697. The number of benzene rings is 5. The summed E-state index contributed by atoms with van der Waals surface area (Å²) < 4.78 is 34.3. The number of rotatable bonds is 11. The Hall–Kier alpha value is -5.23. The molecule has 0 unspecified atom stereocenters. The molecule has 1 N–H and O–H groups in total. The topological polar surface area (TPSA) is 122 Å². The molecule has 6 rings (SSSR count). The molecular weight excluding hydrogens is 664 g/mol. The summed E-state index contributed by atoms with van der Waals surface area (Å²) in [4.78, 5) is 28.1. The Kier molecular flexibility index (Phi) is 10.2. The first kappa shape index (κ1) is 33.7. The number of amides is 1. The molecule has 1 aliphatic heterocycles. The Morgan fingerprint density at radius 1 is 0.837 bits per heavy atom. The van der Waals surface area contributed by atoms with Crippen molar-refractivity contribution >= 4 is 38.9 Å². The first-order valence-corrected chi connectivity index (χ1v) is 17.5. The van der Waals surface area contributed by atoms with E-state index in [1.807, 2.05) is 65.4 Å². The molecule has 5 aromatic rings. The number of anilines is 1. The first-order chi connectivity index (χ1) is 23.7. The van der Waals surface area contributed by atoms with E-state index in [0.29, 0.717) is 5.02 Å². The highest BCUT2D eigenvalue weighted by Crippen LogP contribution is 2.30. The van der Waals surface area contributed by atoms with Gasteiger partial charge in [-0.3, -0.25) is 19.8 Å². The third kappa shape index (κ3) is 8.26. The molecule has 250 valence electrons. The maximum atomic E-state index is 13.4. The van der Waals surface area contributed by atoms with Gasteiger partial charge in [-0.1, -0.05) is 84.4 Å². The molecule has 0 radical (unpaired) electrons. The van der Waals surface area contributed by atoms with E-state index in [-0.39, 0.29) is 17.9 Å². The quantitative estimate of drug-likeness (QED) is 0.117. The van der Waals surface area contributed by atoms with Gasteiger partial charge < -0.3 is 9.64 Å². The number of hydrogen-bond acceptors (Lipinski definition) is 8. The predicted molar refractivity (Wildman–Crippen MR) is 189 cm³/mol. The number of carbonyl (C=O) groups is 1. The highest BCUT2D eigenvalue weighted by molar-refractivity contribution is 7.90. The Labute approximate surface area is 289 Å². The minimum absolute atomic E-state index is 0.0196. The molecule has 0 bridgehead atoms. The number of hydrogen-bond donors (Lipinski definition) is 1. The Morgan fingerprint density at radius 2 is 1.55 bits per heavy atom. The molecule has 0 spiro atoms. The summed E-state index contributed by atoms with van der Waals surface area (Å²) in [6, 6.07) is 35.2. The zero-order valence-corrected chi connectivity index (χ0v) is 27.9. The standard InChI is InChI=1S/C37H33ClN4O6S/c38-30-15-13-28(14-16-30)34-12-5-4-9-29(34)25-40-19-21-41(22-20-40)31-17-18-35(36(24-31)48-26-27-7-2-1-3-8-27)37(43)39-49(46,47)33-11-6-10-32(23-33)42(44)45/h1-18,23-24H,19-22,25-26H2,(H,39,43). The van der Waals surface area contributed by atoms with Gasteiger partial charge in [0, 0.05) is 61.6 Å². The van der Waals surface area contributed by atoms with E-state index in [1.54, 1.807) is 18.2 Å². The number of carbonyl (C=O) groups excluding carboxylic acids is 1. The number of non-ortho nitro benzene ring substituents is 1. The fourth-order valence-corrected chi connectivity index (χ4v) is 6.86. The van der Waals surface area contributed by atoms with Gasteiger partial charge >= 0.3 is 0 Å². The van der Waals surface area contributed by atoms with E-state index in [2.05, 4.69) is 28.0 Å². The van der Waals surface area contributed by atoms with E-state index in [9.17, 15) is 23.3 Å². The van der Waals surface area contributed by atoms with E-state index < -0.39 is 31.4 Å². The Bertz CT molecular complexity index is 2070. The lowest BCUT2D eigenvalue weighted by Gasteiger charge is -2.36. The van der Waals surface area contributed by atoms with Gasteiger partial charge in [-0.2, -0.15) is 0 Å². The predicted octanol–water partition coefficient (Wildman–Crippen LogP) is 6.94. The number of nitrogens with one attached hydrogen (secondary N) is 1. The molecule has 0 saturated carbocycles. The van der Waals surface area contributed by atoms with Crippen LogP contribution in [0.3, 0.4) is 0 Å². The van der Waals surface area contributed by atoms with E-state index in [0.717, 1.165) is 55.6 Å². The van der Waals surface area contributed by atoms with Gasteiger partial charge in [-0.25, -0.2) is 13.1 Å². The van der Waals surface area contributed by atoms with Crippen LogP contribution in [-0.2, 0) is 23.2 Å². The number of nitro benzene ring substituents is 1. The number of sulfonamides is 1. The van der Waals surface area contributed by atoms with Crippen LogP contribution in [0.4, 0.5) is 11.4 Å². The second-order valence-corrected chi connectivity index (χ2v) is 13.7. The second-order valence-electron chi connectivity index (χ2n) is 11.6. The second kappa shape index (κ2) is 14.9. The zero-order chi connectivity index (χ0) is 34.4. The van der Waals surface area contributed by atoms with Crippen LogP contribution in [0.2, 0.25) is 5.02 Å². The van der Waals surface area contributed by atoms with Crippen LogP contribution >= 0.6 is 11.6 Å². The minimum atomic E-state index is -4.41. The van der Waals surface area contributed by atoms with Crippen molar-refractivity contribution in [1.29, 1.82) is 0 Å². The number of halogens is 1. The molecule has 12 heteroatoms. The molecule has 49 heavy (non-hydrogen) atoms. The smallest absolute Gasteiger partial charge is 0.270 e. The van der Waals surface area contributed by atoms with Crippen molar-refractivity contribution in [2.45, 2.75) is 18.0 Å². The van der Waals surface area contributed by atoms with E-state index >= 15 is 0 Å². The van der Waals surface area contributed by atoms with Crippen LogP contribution in [0, 0.1) is 10.1 Å². The lowest BCUT2D eigenvalue weighted by atomic mass is 9.99. The first-order valence-electron chi connectivity index (χ1n) is 15.6. The summed E-state index contributed by atoms with van der Waals surface area (Å²) in [5, 5.41) is 11.9. The average molecular weight is 697 g/mol. The van der Waals surface area contributed by atoms with Gasteiger partial charge in [0.1, 0.15) is 12.4 Å². The van der Waals surface area contributed by atoms with Crippen LogP contribution in [0.25, 0.3) is 11.1 Å². The summed E-state index contributed by atoms with van der Waals surface area (Å²) in [6.07, 6.45) is 0. The molecular formula is C37H33ClN4O6S. The van der Waals surface area contributed by atoms with Crippen molar-refractivity contribution in [3.63, 3.8) is 0 Å². The van der Waals surface area contributed by atoms with Crippen LogP contribution in [0.15, 0.2) is 126 Å². The fourth-order valence-electron chi connectivity index (χ4n) is 5.72. The summed E-state index contributed by atoms with van der Waals surface area (Å²) in [7, 11) is -4.41. The lowest BCUT2D eigenvalue weighted by Crippen LogP contribution is -2.46. The number of nitrogens with zero attached hydrogens (tertiary/aromatic N) is 3. The van der Waals surface area contributed by atoms with Crippen LogP contribution in [0.5, 0.6) is 5.75 Å². The lowest BCUT2D eigenvalue weighted by molar-refractivity contribution is -0.385. The van der Waals surface area contributed by atoms with E-state index in [4.69, 9.17) is 16.3 Å². The maximum absolute atomic E-state index is 13.4. The van der Waals surface area contributed by atoms with Gasteiger partial charge in [0.2, 0.25) is 0 Å². The minimum Gasteiger partial charge on any atom is -0.488 e. The van der Waals surface area contributed by atoms with Gasteiger partial charge in [0.05, 0.1) is 15.4 Å². The van der Waals surface area contributed by atoms with Gasteiger partial charge in [-0.05, 0) is 52.6 Å². The Balaban J connectivity index is 1.18. The van der Waals surface area contributed by atoms with Gasteiger partial charge in [-0.15, -0.1) is 0 Å². The molecule has 5 aromatic carbocycles. The van der Waals surface area contributed by atoms with Crippen LogP contribution in [0.1, 0.15) is 21.5 Å². The summed E-state index contributed by atoms with van der Waals surface area (Å²) in [5.41, 5.74) is 4.83. The number of ether oxygens (including phenoxy) is 1. The highest BCUT2D eigenvalue weighted by Gasteiger charge is 2.25. The van der Waals surface area contributed by atoms with Crippen molar-refractivity contribution < 1.29 is 22.9 Å². The molecule has 1 amide bonds. The fraction of sp³-hybridized carbons (Fsp3) is 0.162. The number of piperazine rings is 1. The average Bonchev–Trinajstić information content (AvgIpc) is 3.12. The molecule has 1 aliphatic rings. The summed E-state index contributed by atoms with van der Waals surface area (Å²) >= 11 is 6.12. The highest BCUT2D eigenvalue weighted by atomic mass is 35.5. The normalized spacial score (nSPS) is 13.5. The third-order valence-corrected chi connectivity index (χ3v) is 9.90. The monoisotopic (exact) mass is 696 g/mol. The zero-order valence-electron chi connectivity index (χ0n) is 26.4. The van der Waals surface area contributed by atoms with Gasteiger partial charge in [0.15, 0.2) is 0 Å². The van der Waals surface area contributed by atoms with Crippen LogP contribution < -0.4 is 14.4 Å². The van der Waals surface area contributed by atoms with Crippen molar-refractivity contribution in [2.75, 3.05) is 31.1 Å². The third-order valence-electron chi connectivity index (χ3n) is 8.32. The maximum Gasteiger partial charge on any atom is 0.270 e. The molecule has 1 fully saturated rings. The molecule has 10 nitrogen and oxygen atoms in total. The molecule has 1 heterocycles.